The van der Waals surface area contributed by atoms with Gasteiger partial charge in [-0.15, -0.1) is 0 Å². The number of nitriles is 1. The molecule has 0 spiro atoms. The van der Waals surface area contributed by atoms with Crippen LogP contribution >= 0.6 is 0 Å². The molecule has 0 radical (unpaired) electrons. The van der Waals surface area contributed by atoms with Crippen LogP contribution in [0, 0.1) is 11.5 Å². The van der Waals surface area contributed by atoms with Gasteiger partial charge in [-0.1, -0.05) is 0 Å². The standard InChI is InChI=1S/C14H20N4O3S/c1-3-16-11-4-5-13(21-2)14(8-11)22(19,20)17-12-6-7-18(9-12)10-15/h4-5,8,12,16-17H,3,6-7,9H2,1-2H3. The van der Waals surface area contributed by atoms with Crippen molar-refractivity contribution in [1.82, 2.24) is 9.62 Å². The van der Waals surface area contributed by atoms with Crippen molar-refractivity contribution in [3.63, 3.8) is 0 Å². The number of hydrogen-bond acceptors (Lipinski definition) is 6. The number of nitrogens with one attached hydrogen (secondary N) is 2. The van der Waals surface area contributed by atoms with Crippen LogP contribution in [0.3, 0.4) is 0 Å². The zero-order chi connectivity index (χ0) is 16.2. The van der Waals surface area contributed by atoms with Gasteiger partial charge in [-0.25, -0.2) is 13.1 Å². The topological polar surface area (TPSA) is 94.5 Å². The van der Waals surface area contributed by atoms with Crippen molar-refractivity contribution >= 4 is 15.7 Å². The Morgan fingerprint density at radius 1 is 1.50 bits per heavy atom. The van der Waals surface area contributed by atoms with E-state index in [0.717, 1.165) is 0 Å². The van der Waals surface area contributed by atoms with Crippen LogP contribution in [-0.4, -0.2) is 46.1 Å². The molecule has 1 aromatic rings. The smallest absolute Gasteiger partial charge is 0.244 e. The normalized spacial score (nSPS) is 18.0. The largest absolute Gasteiger partial charge is 0.495 e. The molecule has 1 aromatic carbocycles. The lowest BCUT2D eigenvalue weighted by Crippen LogP contribution is -2.36. The number of likely N-dealkylation sites (tertiary alicyclic amines) is 1. The van der Waals surface area contributed by atoms with Gasteiger partial charge in [-0.05, 0) is 31.5 Å². The number of hydrogen-bond donors (Lipinski definition) is 2. The third kappa shape index (κ3) is 3.61. The summed E-state index contributed by atoms with van der Waals surface area (Å²) in [4.78, 5) is 1.64. The highest BCUT2D eigenvalue weighted by molar-refractivity contribution is 7.89. The summed E-state index contributed by atoms with van der Waals surface area (Å²) in [5.41, 5.74) is 0.716. The highest BCUT2D eigenvalue weighted by atomic mass is 32.2. The van der Waals surface area contributed by atoms with Crippen LogP contribution < -0.4 is 14.8 Å². The molecule has 0 aliphatic carbocycles. The third-order valence-corrected chi connectivity index (χ3v) is 5.03. The maximum absolute atomic E-state index is 12.6. The van der Waals surface area contributed by atoms with Gasteiger partial charge in [0.05, 0.1) is 7.11 Å². The Morgan fingerprint density at radius 2 is 2.27 bits per heavy atom. The van der Waals surface area contributed by atoms with Gasteiger partial charge in [0.15, 0.2) is 6.19 Å². The molecule has 1 fully saturated rings. The summed E-state index contributed by atoms with van der Waals surface area (Å²) in [5, 5.41) is 11.9. The van der Waals surface area contributed by atoms with E-state index in [0.29, 0.717) is 37.5 Å². The molecule has 1 aliphatic rings. The van der Waals surface area contributed by atoms with Crippen molar-refractivity contribution in [3.05, 3.63) is 18.2 Å². The Balaban J connectivity index is 2.24. The summed E-state index contributed by atoms with van der Waals surface area (Å²) in [6, 6.07) is 4.69. The summed E-state index contributed by atoms with van der Waals surface area (Å²) in [6.07, 6.45) is 2.64. The number of benzene rings is 1. The second-order valence-corrected chi connectivity index (χ2v) is 6.73. The highest BCUT2D eigenvalue weighted by Crippen LogP contribution is 2.27. The molecule has 1 atom stereocenters. The Kier molecular flexibility index (Phi) is 5.11. The van der Waals surface area contributed by atoms with Crippen LogP contribution in [0.15, 0.2) is 23.1 Å². The lowest BCUT2D eigenvalue weighted by molar-refractivity contribution is 0.402. The van der Waals surface area contributed by atoms with E-state index >= 15 is 0 Å². The summed E-state index contributed by atoms with van der Waals surface area (Å²) >= 11 is 0. The first-order valence-electron chi connectivity index (χ1n) is 7.09. The van der Waals surface area contributed by atoms with Gasteiger partial charge < -0.3 is 15.0 Å². The highest BCUT2D eigenvalue weighted by Gasteiger charge is 2.28. The van der Waals surface area contributed by atoms with Gasteiger partial charge in [-0.3, -0.25) is 0 Å². The molecule has 1 saturated heterocycles. The number of nitrogens with zero attached hydrogens (tertiary/aromatic N) is 2. The van der Waals surface area contributed by atoms with Crippen LogP contribution in [0.2, 0.25) is 0 Å². The molecule has 0 bridgehead atoms. The van der Waals surface area contributed by atoms with Crippen molar-refractivity contribution < 1.29 is 13.2 Å². The number of ether oxygens (including phenoxy) is 1. The molecule has 0 aromatic heterocycles. The van der Waals surface area contributed by atoms with E-state index in [4.69, 9.17) is 10.00 Å². The molecule has 22 heavy (non-hydrogen) atoms. The fourth-order valence-corrected chi connectivity index (χ4v) is 3.89. The van der Waals surface area contributed by atoms with Gasteiger partial charge in [0.25, 0.3) is 0 Å². The lowest BCUT2D eigenvalue weighted by atomic mass is 10.3. The predicted octanol–water partition coefficient (Wildman–Crippen LogP) is 0.961. The molecule has 7 nitrogen and oxygen atoms in total. The minimum Gasteiger partial charge on any atom is -0.495 e. The minimum atomic E-state index is -3.71. The zero-order valence-corrected chi connectivity index (χ0v) is 13.5. The van der Waals surface area contributed by atoms with E-state index in [1.54, 1.807) is 23.1 Å². The number of anilines is 1. The average molecular weight is 324 g/mol. The summed E-state index contributed by atoms with van der Waals surface area (Å²) < 4.78 is 33.0. The number of sulfonamides is 1. The van der Waals surface area contributed by atoms with E-state index in [9.17, 15) is 8.42 Å². The monoisotopic (exact) mass is 324 g/mol. The summed E-state index contributed by atoms with van der Waals surface area (Å²) in [6.45, 7) is 3.59. The maximum Gasteiger partial charge on any atom is 0.244 e. The van der Waals surface area contributed by atoms with E-state index in [-0.39, 0.29) is 10.9 Å². The minimum absolute atomic E-state index is 0.101. The van der Waals surface area contributed by atoms with Crippen LogP contribution in [0.4, 0.5) is 5.69 Å². The quantitative estimate of drug-likeness (QED) is 0.757. The molecule has 8 heteroatoms. The molecule has 2 rings (SSSR count). The van der Waals surface area contributed by atoms with E-state index in [1.807, 2.05) is 13.1 Å². The SMILES string of the molecule is CCNc1ccc(OC)c(S(=O)(=O)NC2CCN(C#N)C2)c1. The molecular weight excluding hydrogens is 304 g/mol. The Hall–Kier alpha value is -1.98. The molecule has 1 aliphatic heterocycles. The van der Waals surface area contributed by atoms with Crippen LogP contribution in [0.25, 0.3) is 0 Å². The summed E-state index contributed by atoms with van der Waals surface area (Å²) in [7, 11) is -2.27. The Morgan fingerprint density at radius 3 is 2.86 bits per heavy atom. The first-order chi connectivity index (χ1) is 10.5. The van der Waals surface area contributed by atoms with Crippen molar-refractivity contribution in [2.75, 3.05) is 32.1 Å². The average Bonchev–Trinajstić information content (AvgIpc) is 2.94. The summed E-state index contributed by atoms with van der Waals surface area (Å²) in [5.74, 6) is 0.296. The van der Waals surface area contributed by atoms with Gasteiger partial charge in [0, 0.05) is 31.4 Å². The first kappa shape index (κ1) is 16.4. The first-order valence-corrected chi connectivity index (χ1v) is 8.57. The van der Waals surface area contributed by atoms with Gasteiger partial charge >= 0.3 is 0 Å². The fraction of sp³-hybridized carbons (Fsp3) is 0.500. The maximum atomic E-state index is 12.6. The van der Waals surface area contributed by atoms with E-state index in [2.05, 4.69) is 10.0 Å². The van der Waals surface area contributed by atoms with Gasteiger partial charge in [0.1, 0.15) is 10.6 Å². The molecule has 1 unspecified atom stereocenters. The molecule has 1 heterocycles. The molecule has 2 N–H and O–H groups in total. The van der Waals surface area contributed by atoms with Crippen LogP contribution in [-0.2, 0) is 10.0 Å². The predicted molar refractivity (Wildman–Crippen MR) is 83.1 cm³/mol. The van der Waals surface area contributed by atoms with E-state index in [1.165, 1.54) is 7.11 Å². The van der Waals surface area contributed by atoms with Gasteiger partial charge in [0.2, 0.25) is 10.0 Å². The molecular formula is C14H20N4O3S. The van der Waals surface area contributed by atoms with Crippen molar-refractivity contribution in [2.45, 2.75) is 24.3 Å². The van der Waals surface area contributed by atoms with Gasteiger partial charge in [-0.2, -0.15) is 5.26 Å². The van der Waals surface area contributed by atoms with Crippen molar-refractivity contribution in [1.29, 1.82) is 5.26 Å². The number of rotatable bonds is 6. The fourth-order valence-electron chi connectivity index (χ4n) is 2.43. The van der Waals surface area contributed by atoms with Crippen molar-refractivity contribution in [3.8, 4) is 11.9 Å². The molecule has 0 saturated carbocycles. The van der Waals surface area contributed by atoms with Crippen molar-refractivity contribution in [2.24, 2.45) is 0 Å². The third-order valence-electron chi connectivity index (χ3n) is 3.49. The molecule has 120 valence electrons. The second-order valence-electron chi connectivity index (χ2n) is 5.05. The van der Waals surface area contributed by atoms with E-state index < -0.39 is 10.0 Å². The Bertz CT molecular complexity index is 669. The zero-order valence-electron chi connectivity index (χ0n) is 12.7. The second kappa shape index (κ2) is 6.85. The molecule has 0 amide bonds. The van der Waals surface area contributed by atoms with Crippen LogP contribution in [0.5, 0.6) is 5.75 Å². The number of methoxy groups -OCH3 is 1. The Labute approximate surface area is 130 Å². The lowest BCUT2D eigenvalue weighted by Gasteiger charge is -2.16. The van der Waals surface area contributed by atoms with Crippen LogP contribution in [0.1, 0.15) is 13.3 Å².